The third-order valence-corrected chi connectivity index (χ3v) is 3.76. The maximum atomic E-state index is 13.1. The highest BCUT2D eigenvalue weighted by Crippen LogP contribution is 2.23. The molecule has 1 atom stereocenters. The molecule has 0 unspecified atom stereocenters. The molecule has 24 heavy (non-hydrogen) atoms. The second-order valence-electron chi connectivity index (χ2n) is 5.37. The summed E-state index contributed by atoms with van der Waals surface area (Å²) in [5, 5.41) is 10.8. The Balaban J connectivity index is 2.12. The average molecular weight is 328 g/mol. The molecule has 2 rings (SSSR count). The zero-order valence-corrected chi connectivity index (χ0v) is 13.3. The fraction of sp³-hybridized carbons (Fsp3) is 0.167. The van der Waals surface area contributed by atoms with E-state index < -0.39 is 4.92 Å². The first-order valence-electron chi connectivity index (χ1n) is 7.33. The maximum absolute atomic E-state index is 13.1. The lowest BCUT2D eigenvalue weighted by atomic mass is 10.1. The SMILES string of the molecule is C[C@@H](c1cccc([N+](=O)[O-])c1)N(C)C(=O)/C=C/c1cccc(F)c1. The molecular weight excluding hydrogens is 311 g/mol. The number of non-ortho nitro benzene ring substituents is 1. The maximum Gasteiger partial charge on any atom is 0.269 e. The van der Waals surface area contributed by atoms with Gasteiger partial charge in [-0.2, -0.15) is 0 Å². The molecule has 0 aromatic heterocycles. The predicted octanol–water partition coefficient (Wildman–Crippen LogP) is 3.97. The van der Waals surface area contributed by atoms with Crippen molar-refractivity contribution in [2.24, 2.45) is 0 Å². The summed E-state index contributed by atoms with van der Waals surface area (Å²) in [6.07, 6.45) is 2.88. The largest absolute Gasteiger partial charge is 0.335 e. The van der Waals surface area contributed by atoms with Gasteiger partial charge in [0, 0.05) is 25.3 Å². The van der Waals surface area contributed by atoms with Crippen molar-refractivity contribution in [1.82, 2.24) is 4.90 Å². The molecule has 6 heteroatoms. The van der Waals surface area contributed by atoms with Crippen LogP contribution in [0.25, 0.3) is 6.08 Å². The van der Waals surface area contributed by atoms with Gasteiger partial charge in [-0.15, -0.1) is 0 Å². The topological polar surface area (TPSA) is 63.5 Å². The van der Waals surface area contributed by atoms with Gasteiger partial charge in [-0.25, -0.2) is 4.39 Å². The standard InChI is InChI=1S/C18H17FN2O3/c1-13(15-6-4-8-17(12-15)21(23)24)20(2)18(22)10-9-14-5-3-7-16(19)11-14/h3-13H,1-2H3/b10-9+/t13-/m0/s1. The molecule has 0 aliphatic carbocycles. The van der Waals surface area contributed by atoms with E-state index in [0.717, 1.165) is 0 Å². The molecule has 0 aliphatic rings. The van der Waals surface area contributed by atoms with Crippen molar-refractivity contribution in [3.05, 3.63) is 81.7 Å². The van der Waals surface area contributed by atoms with Gasteiger partial charge in [0.15, 0.2) is 0 Å². The monoisotopic (exact) mass is 328 g/mol. The number of rotatable bonds is 5. The minimum absolute atomic E-state index is 0.0181. The van der Waals surface area contributed by atoms with E-state index in [0.29, 0.717) is 11.1 Å². The van der Waals surface area contributed by atoms with E-state index >= 15 is 0 Å². The van der Waals surface area contributed by atoms with Gasteiger partial charge in [-0.1, -0.05) is 24.3 Å². The lowest BCUT2D eigenvalue weighted by Gasteiger charge is -2.24. The molecule has 2 aromatic rings. The fourth-order valence-corrected chi connectivity index (χ4v) is 2.21. The van der Waals surface area contributed by atoms with Crippen molar-refractivity contribution in [3.63, 3.8) is 0 Å². The molecule has 124 valence electrons. The van der Waals surface area contributed by atoms with Crippen molar-refractivity contribution < 1.29 is 14.1 Å². The number of nitrogens with zero attached hydrogens (tertiary/aromatic N) is 2. The second kappa shape index (κ2) is 7.50. The van der Waals surface area contributed by atoms with Crippen LogP contribution >= 0.6 is 0 Å². The van der Waals surface area contributed by atoms with E-state index in [1.807, 2.05) is 0 Å². The fourth-order valence-electron chi connectivity index (χ4n) is 2.21. The third kappa shape index (κ3) is 4.25. The lowest BCUT2D eigenvalue weighted by Crippen LogP contribution is -2.28. The van der Waals surface area contributed by atoms with Gasteiger partial charge in [0.2, 0.25) is 5.91 Å². The van der Waals surface area contributed by atoms with Gasteiger partial charge in [0.25, 0.3) is 5.69 Å². The molecule has 5 nitrogen and oxygen atoms in total. The number of benzene rings is 2. The molecule has 0 saturated carbocycles. The zero-order valence-electron chi connectivity index (χ0n) is 13.3. The van der Waals surface area contributed by atoms with Crippen molar-refractivity contribution in [3.8, 4) is 0 Å². The molecule has 0 heterocycles. The van der Waals surface area contributed by atoms with Crippen molar-refractivity contribution >= 4 is 17.7 Å². The number of carbonyl (C=O) groups is 1. The van der Waals surface area contributed by atoms with E-state index in [2.05, 4.69) is 0 Å². The van der Waals surface area contributed by atoms with Crippen LogP contribution < -0.4 is 0 Å². The molecule has 0 aliphatic heterocycles. The van der Waals surface area contributed by atoms with Crippen molar-refractivity contribution in [2.45, 2.75) is 13.0 Å². The highest BCUT2D eigenvalue weighted by Gasteiger charge is 2.17. The van der Waals surface area contributed by atoms with Crippen LogP contribution in [0.3, 0.4) is 0 Å². The Hall–Kier alpha value is -3.02. The Labute approximate surface area is 139 Å². The number of hydrogen-bond acceptors (Lipinski definition) is 3. The average Bonchev–Trinajstić information content (AvgIpc) is 2.58. The summed E-state index contributed by atoms with van der Waals surface area (Å²) < 4.78 is 13.1. The van der Waals surface area contributed by atoms with Crippen LogP contribution in [0.2, 0.25) is 0 Å². The Kier molecular flexibility index (Phi) is 5.42. The minimum atomic E-state index is -0.470. The summed E-state index contributed by atoms with van der Waals surface area (Å²) in [6.45, 7) is 1.78. The highest BCUT2D eigenvalue weighted by atomic mass is 19.1. The third-order valence-electron chi connectivity index (χ3n) is 3.76. The van der Waals surface area contributed by atoms with E-state index in [1.165, 1.54) is 41.3 Å². The number of nitro benzene ring substituents is 1. The molecule has 1 amide bonds. The molecule has 0 spiro atoms. The second-order valence-corrected chi connectivity index (χ2v) is 5.37. The Bertz CT molecular complexity index is 789. The van der Waals surface area contributed by atoms with Gasteiger partial charge < -0.3 is 4.90 Å². The van der Waals surface area contributed by atoms with Crippen LogP contribution in [0.15, 0.2) is 54.6 Å². The normalized spacial score (nSPS) is 12.1. The van der Waals surface area contributed by atoms with E-state index in [9.17, 15) is 19.3 Å². The van der Waals surface area contributed by atoms with Crippen LogP contribution in [-0.4, -0.2) is 22.8 Å². The number of likely N-dealkylation sites (N-methyl/N-ethyl adjacent to an activating group) is 1. The van der Waals surface area contributed by atoms with Gasteiger partial charge in [0.05, 0.1) is 11.0 Å². The Morgan fingerprint density at radius 1 is 1.25 bits per heavy atom. The smallest absolute Gasteiger partial charge is 0.269 e. The Morgan fingerprint density at radius 2 is 1.96 bits per heavy atom. The quantitative estimate of drug-likeness (QED) is 0.474. The van der Waals surface area contributed by atoms with Gasteiger partial charge >= 0.3 is 0 Å². The van der Waals surface area contributed by atoms with Gasteiger partial charge in [-0.3, -0.25) is 14.9 Å². The first-order valence-corrected chi connectivity index (χ1v) is 7.33. The highest BCUT2D eigenvalue weighted by molar-refractivity contribution is 5.91. The first kappa shape index (κ1) is 17.3. The minimum Gasteiger partial charge on any atom is -0.335 e. The van der Waals surface area contributed by atoms with Crippen LogP contribution in [0.5, 0.6) is 0 Å². The number of halogens is 1. The van der Waals surface area contributed by atoms with E-state index in [-0.39, 0.29) is 23.5 Å². The van der Waals surface area contributed by atoms with Gasteiger partial charge in [0.1, 0.15) is 5.82 Å². The molecular formula is C18H17FN2O3. The number of carbonyl (C=O) groups excluding carboxylic acids is 1. The molecule has 0 N–H and O–H groups in total. The number of amides is 1. The van der Waals surface area contributed by atoms with E-state index in [4.69, 9.17) is 0 Å². The lowest BCUT2D eigenvalue weighted by molar-refractivity contribution is -0.384. The summed E-state index contributed by atoms with van der Waals surface area (Å²) in [5.74, 6) is -0.652. The molecule has 2 aromatic carbocycles. The van der Waals surface area contributed by atoms with Crippen molar-refractivity contribution in [2.75, 3.05) is 7.05 Å². The van der Waals surface area contributed by atoms with Crippen molar-refractivity contribution in [1.29, 1.82) is 0 Å². The summed E-state index contributed by atoms with van der Waals surface area (Å²) in [7, 11) is 1.61. The van der Waals surface area contributed by atoms with Crippen LogP contribution in [0, 0.1) is 15.9 Å². The van der Waals surface area contributed by atoms with Gasteiger partial charge in [-0.05, 0) is 36.3 Å². The number of nitro groups is 1. The van der Waals surface area contributed by atoms with Crippen LogP contribution in [0.4, 0.5) is 10.1 Å². The van der Waals surface area contributed by atoms with Crippen LogP contribution in [-0.2, 0) is 4.79 Å². The summed E-state index contributed by atoms with van der Waals surface area (Å²) in [5.41, 5.74) is 1.23. The Morgan fingerprint density at radius 3 is 2.62 bits per heavy atom. The number of hydrogen-bond donors (Lipinski definition) is 0. The molecule has 0 radical (unpaired) electrons. The molecule has 0 fully saturated rings. The van der Waals surface area contributed by atoms with Crippen LogP contribution in [0.1, 0.15) is 24.1 Å². The van der Waals surface area contributed by atoms with E-state index in [1.54, 1.807) is 38.2 Å². The summed E-state index contributed by atoms with van der Waals surface area (Å²) >= 11 is 0. The molecule has 0 saturated heterocycles. The zero-order chi connectivity index (χ0) is 17.7. The first-order chi connectivity index (χ1) is 11.4. The summed E-state index contributed by atoms with van der Waals surface area (Å²) in [4.78, 5) is 24.1. The molecule has 0 bridgehead atoms. The predicted molar refractivity (Wildman–Crippen MR) is 89.7 cm³/mol. The summed E-state index contributed by atoms with van der Waals surface area (Å²) in [6, 6.07) is 11.7.